The molecule has 0 aromatic heterocycles. The highest BCUT2D eigenvalue weighted by Gasteiger charge is 2.55. The lowest BCUT2D eigenvalue weighted by atomic mass is 9.61. The van der Waals surface area contributed by atoms with Gasteiger partial charge in [-0.25, -0.2) is 4.79 Å². The van der Waals surface area contributed by atoms with E-state index in [9.17, 15) is 10.1 Å². The smallest absolute Gasteiger partial charge is 0.339 e. The van der Waals surface area contributed by atoms with Gasteiger partial charge in [0, 0.05) is 3.57 Å². The fraction of sp³-hybridized carbons (Fsp3) is 0.500. The molecule has 1 heterocycles. The number of halogens is 1. The average Bonchev–Trinajstić information content (AvgIpc) is 2.39. The summed E-state index contributed by atoms with van der Waals surface area (Å²) in [6, 6.07) is 9.35. The quantitative estimate of drug-likeness (QED) is 0.579. The molecule has 0 bridgehead atoms. The lowest BCUT2D eigenvalue weighted by Gasteiger charge is -2.52. The largest absolute Gasteiger partial charge is 0.443 e. The first-order chi connectivity index (χ1) is 10.2. The molecule has 1 saturated heterocycles. The van der Waals surface area contributed by atoms with Gasteiger partial charge in [0.1, 0.15) is 6.07 Å². The van der Waals surface area contributed by atoms with Crippen LogP contribution in [0.15, 0.2) is 24.3 Å². The number of hydrogen-bond acceptors (Lipinski definition) is 4. The number of benzene rings is 1. The zero-order valence-corrected chi connectivity index (χ0v) is 13.7. The number of esters is 1. The number of nitriles is 1. The second-order valence-corrected chi connectivity index (χ2v) is 7.02. The third-order valence-electron chi connectivity index (χ3n) is 4.60. The van der Waals surface area contributed by atoms with E-state index in [-0.39, 0.29) is 5.41 Å². The van der Waals surface area contributed by atoms with Crippen molar-refractivity contribution in [1.82, 2.24) is 0 Å². The van der Waals surface area contributed by atoms with Gasteiger partial charge < -0.3 is 9.47 Å². The van der Waals surface area contributed by atoms with Crippen molar-refractivity contribution in [2.45, 2.75) is 25.4 Å². The summed E-state index contributed by atoms with van der Waals surface area (Å²) in [6.07, 6.45) is 2.67. The van der Waals surface area contributed by atoms with Gasteiger partial charge in [0.05, 0.1) is 24.2 Å². The fourth-order valence-corrected chi connectivity index (χ4v) is 3.31. The Balaban J connectivity index is 1.73. The third-order valence-corrected chi connectivity index (χ3v) is 5.32. The Morgan fingerprint density at radius 2 is 2.05 bits per heavy atom. The lowest BCUT2D eigenvalue weighted by Crippen LogP contribution is -2.58. The Morgan fingerprint density at radius 1 is 1.38 bits per heavy atom. The summed E-state index contributed by atoms with van der Waals surface area (Å²) in [5, 5.41) is 9.45. The van der Waals surface area contributed by atoms with Gasteiger partial charge in [0.25, 0.3) is 0 Å². The second kappa shape index (κ2) is 5.93. The first-order valence-corrected chi connectivity index (χ1v) is 8.17. The van der Waals surface area contributed by atoms with Gasteiger partial charge in [-0.15, -0.1) is 0 Å². The zero-order valence-electron chi connectivity index (χ0n) is 11.5. The molecule has 0 amide bonds. The maximum absolute atomic E-state index is 12.2. The number of carbonyl (C=O) groups excluding carboxylic acids is 1. The highest BCUT2D eigenvalue weighted by Crippen LogP contribution is 2.49. The molecule has 0 radical (unpaired) electrons. The van der Waals surface area contributed by atoms with E-state index in [1.165, 1.54) is 6.42 Å². The van der Waals surface area contributed by atoms with Crippen molar-refractivity contribution < 1.29 is 14.3 Å². The Hall–Kier alpha value is -1.13. The number of hydrogen-bond donors (Lipinski definition) is 0. The van der Waals surface area contributed by atoms with Crippen LogP contribution in [-0.2, 0) is 9.47 Å². The molecule has 1 saturated carbocycles. The normalized spacial score (nSPS) is 21.5. The Morgan fingerprint density at radius 3 is 2.48 bits per heavy atom. The monoisotopic (exact) mass is 397 g/mol. The van der Waals surface area contributed by atoms with Gasteiger partial charge in [0.2, 0.25) is 0 Å². The van der Waals surface area contributed by atoms with Gasteiger partial charge in [0.15, 0.2) is 6.10 Å². The van der Waals surface area contributed by atoms with Crippen molar-refractivity contribution in [2.75, 3.05) is 13.2 Å². The number of nitrogens with zero attached hydrogens (tertiary/aromatic N) is 1. The van der Waals surface area contributed by atoms with E-state index in [1.807, 2.05) is 12.1 Å². The SMILES string of the molecule is N#CC(OC(=O)c1ccc(I)cc1)C1(C2CCC2)COC1. The molecule has 2 aliphatic rings. The molecule has 2 fully saturated rings. The molecule has 21 heavy (non-hydrogen) atoms. The molecule has 1 aliphatic heterocycles. The molecular weight excluding hydrogens is 381 g/mol. The Kier molecular flexibility index (Phi) is 4.18. The van der Waals surface area contributed by atoms with Crippen LogP contribution < -0.4 is 0 Å². The Bertz CT molecular complexity index is 570. The highest BCUT2D eigenvalue weighted by molar-refractivity contribution is 14.1. The van der Waals surface area contributed by atoms with Crippen LogP contribution in [0.4, 0.5) is 0 Å². The summed E-state index contributed by atoms with van der Waals surface area (Å²) in [5.74, 6) is 0.0176. The summed E-state index contributed by atoms with van der Waals surface area (Å²) in [7, 11) is 0. The molecular formula is C16H16INO3. The van der Waals surface area contributed by atoms with Gasteiger partial charge in [-0.1, -0.05) is 6.42 Å². The molecule has 110 valence electrons. The minimum absolute atomic E-state index is 0.286. The van der Waals surface area contributed by atoms with E-state index in [2.05, 4.69) is 28.7 Å². The molecule has 5 heteroatoms. The summed E-state index contributed by atoms with van der Waals surface area (Å²) in [6.45, 7) is 1.05. The molecule has 1 aromatic carbocycles. The van der Waals surface area contributed by atoms with E-state index < -0.39 is 12.1 Å². The summed E-state index contributed by atoms with van der Waals surface area (Å²) in [5.41, 5.74) is 0.200. The maximum Gasteiger partial charge on any atom is 0.339 e. The molecule has 0 spiro atoms. The van der Waals surface area contributed by atoms with Crippen molar-refractivity contribution in [1.29, 1.82) is 5.26 Å². The van der Waals surface area contributed by atoms with Gasteiger partial charge in [-0.3, -0.25) is 0 Å². The third kappa shape index (κ3) is 2.67. The van der Waals surface area contributed by atoms with Gasteiger partial charge in [-0.2, -0.15) is 5.26 Å². The van der Waals surface area contributed by atoms with Crippen LogP contribution in [0, 0.1) is 26.2 Å². The highest BCUT2D eigenvalue weighted by atomic mass is 127. The molecule has 1 aromatic rings. The van der Waals surface area contributed by atoms with Crippen LogP contribution in [0.5, 0.6) is 0 Å². The molecule has 4 nitrogen and oxygen atoms in total. The number of rotatable bonds is 4. The van der Waals surface area contributed by atoms with E-state index in [0.29, 0.717) is 24.7 Å². The van der Waals surface area contributed by atoms with Crippen molar-refractivity contribution in [3.05, 3.63) is 33.4 Å². The first kappa shape index (κ1) is 14.8. The number of ether oxygens (including phenoxy) is 2. The summed E-state index contributed by atoms with van der Waals surface area (Å²) in [4.78, 5) is 12.2. The van der Waals surface area contributed by atoms with E-state index in [0.717, 1.165) is 16.4 Å². The predicted octanol–water partition coefficient (Wildman–Crippen LogP) is 3.16. The second-order valence-electron chi connectivity index (χ2n) is 5.78. The lowest BCUT2D eigenvalue weighted by molar-refractivity contribution is -0.201. The van der Waals surface area contributed by atoms with Crippen molar-refractivity contribution >= 4 is 28.6 Å². The zero-order chi connectivity index (χ0) is 14.9. The first-order valence-electron chi connectivity index (χ1n) is 7.09. The Labute approximate surface area is 137 Å². The predicted molar refractivity (Wildman–Crippen MR) is 84.6 cm³/mol. The topological polar surface area (TPSA) is 59.3 Å². The maximum atomic E-state index is 12.2. The van der Waals surface area contributed by atoms with Crippen LogP contribution in [0.25, 0.3) is 0 Å². The summed E-state index contributed by atoms with van der Waals surface area (Å²) < 4.78 is 11.9. The van der Waals surface area contributed by atoms with E-state index in [1.54, 1.807) is 12.1 Å². The van der Waals surface area contributed by atoms with E-state index >= 15 is 0 Å². The molecule has 0 N–H and O–H groups in total. The number of carbonyl (C=O) groups is 1. The molecule has 1 unspecified atom stereocenters. The molecule has 1 atom stereocenters. The van der Waals surface area contributed by atoms with E-state index in [4.69, 9.17) is 9.47 Å². The molecule has 1 aliphatic carbocycles. The molecule has 3 rings (SSSR count). The summed E-state index contributed by atoms with van der Waals surface area (Å²) >= 11 is 2.18. The average molecular weight is 397 g/mol. The van der Waals surface area contributed by atoms with Gasteiger partial charge >= 0.3 is 5.97 Å². The fourth-order valence-electron chi connectivity index (χ4n) is 2.96. The van der Waals surface area contributed by atoms with Crippen LogP contribution in [0.2, 0.25) is 0 Å². The van der Waals surface area contributed by atoms with Crippen LogP contribution in [0.1, 0.15) is 29.6 Å². The van der Waals surface area contributed by atoms with Crippen molar-refractivity contribution in [3.8, 4) is 6.07 Å². The standard InChI is InChI=1S/C16H16INO3/c17-13-6-4-11(5-7-13)15(19)21-14(8-18)16(9-20-10-16)12-2-1-3-12/h4-7,12,14H,1-3,9-10H2. The van der Waals surface area contributed by atoms with Crippen LogP contribution in [0.3, 0.4) is 0 Å². The van der Waals surface area contributed by atoms with Gasteiger partial charge in [-0.05, 0) is 65.6 Å². The minimum atomic E-state index is -0.719. The van der Waals surface area contributed by atoms with Crippen molar-refractivity contribution in [3.63, 3.8) is 0 Å². The van der Waals surface area contributed by atoms with Crippen molar-refractivity contribution in [2.24, 2.45) is 11.3 Å². The van der Waals surface area contributed by atoms with Crippen LogP contribution in [-0.4, -0.2) is 25.3 Å². The van der Waals surface area contributed by atoms with Crippen LogP contribution >= 0.6 is 22.6 Å². The minimum Gasteiger partial charge on any atom is -0.443 e.